The minimum absolute atomic E-state index is 0.0467. The number of ketones is 1. The Balaban J connectivity index is 1.81. The molecule has 104 valence electrons. The van der Waals surface area contributed by atoms with Crippen molar-refractivity contribution in [2.45, 2.75) is 12.8 Å². The predicted molar refractivity (Wildman–Crippen MR) is 88.0 cm³/mol. The second-order valence-corrected chi connectivity index (χ2v) is 4.97. The Morgan fingerprint density at radius 3 is 2.67 bits per heavy atom. The minimum atomic E-state index is -0.0467. The van der Waals surface area contributed by atoms with E-state index >= 15 is 0 Å². The number of carbonyl (C=O) groups is 1. The molecule has 21 heavy (non-hydrogen) atoms. The van der Waals surface area contributed by atoms with Crippen LogP contribution in [0, 0.1) is 11.8 Å². The zero-order chi connectivity index (χ0) is 14.9. The van der Waals surface area contributed by atoms with Crippen molar-refractivity contribution >= 4 is 23.5 Å². The maximum Gasteiger partial charge on any atom is 0.206 e. The highest BCUT2D eigenvalue weighted by Crippen LogP contribution is 2.12. The molecule has 0 aliphatic rings. The van der Waals surface area contributed by atoms with Crippen molar-refractivity contribution < 1.29 is 4.79 Å². The van der Waals surface area contributed by atoms with Crippen LogP contribution in [0.25, 0.3) is 6.08 Å². The molecule has 0 fully saturated rings. The minimum Gasteiger partial charge on any atom is -0.285 e. The van der Waals surface area contributed by atoms with Crippen molar-refractivity contribution in [2.75, 3.05) is 0 Å². The van der Waals surface area contributed by atoms with E-state index in [1.807, 2.05) is 66.7 Å². The summed E-state index contributed by atoms with van der Waals surface area (Å²) in [5, 5.41) is 0.710. The number of halogens is 1. The van der Waals surface area contributed by atoms with Gasteiger partial charge in [-0.05, 0) is 42.2 Å². The fraction of sp³-hybridized carbons (Fsp3) is 0.105. The molecule has 0 bridgehead atoms. The van der Waals surface area contributed by atoms with Crippen LogP contribution in [-0.2, 0) is 4.79 Å². The first-order chi connectivity index (χ1) is 10.2. The molecule has 0 heterocycles. The van der Waals surface area contributed by atoms with Gasteiger partial charge in [-0.25, -0.2) is 0 Å². The fourth-order valence-electron chi connectivity index (χ4n) is 1.77. The van der Waals surface area contributed by atoms with Crippen molar-refractivity contribution in [3.05, 3.63) is 76.8 Å². The van der Waals surface area contributed by atoms with Crippen molar-refractivity contribution in [1.82, 2.24) is 0 Å². The molecular weight excluding hydrogens is 280 g/mol. The van der Waals surface area contributed by atoms with Crippen LogP contribution in [0.15, 0.2) is 60.7 Å². The van der Waals surface area contributed by atoms with Crippen molar-refractivity contribution in [3.8, 4) is 11.8 Å². The number of rotatable bonds is 4. The van der Waals surface area contributed by atoms with Gasteiger partial charge in [-0.1, -0.05) is 60.0 Å². The highest BCUT2D eigenvalue weighted by molar-refractivity contribution is 6.30. The normalized spacial score (nSPS) is 10.1. The number of hydrogen-bond acceptors (Lipinski definition) is 1. The van der Waals surface area contributed by atoms with Crippen LogP contribution < -0.4 is 0 Å². The molecule has 1 nitrogen and oxygen atoms in total. The van der Waals surface area contributed by atoms with E-state index in [2.05, 4.69) is 11.8 Å². The first-order valence-corrected chi connectivity index (χ1v) is 7.14. The monoisotopic (exact) mass is 294 g/mol. The van der Waals surface area contributed by atoms with Gasteiger partial charge in [-0.2, -0.15) is 0 Å². The molecule has 0 atom stereocenters. The third-order valence-corrected chi connectivity index (χ3v) is 3.05. The Labute approximate surface area is 130 Å². The summed E-state index contributed by atoms with van der Waals surface area (Å²) in [4.78, 5) is 11.7. The summed E-state index contributed by atoms with van der Waals surface area (Å²) in [7, 11) is 0. The lowest BCUT2D eigenvalue weighted by Crippen LogP contribution is -1.91. The Bertz CT molecular complexity index is 690. The molecule has 2 aromatic rings. The van der Waals surface area contributed by atoms with Crippen molar-refractivity contribution in [2.24, 2.45) is 0 Å². The molecule has 0 spiro atoms. The highest BCUT2D eigenvalue weighted by Gasteiger charge is 1.95. The van der Waals surface area contributed by atoms with Crippen LogP contribution in [0.4, 0.5) is 0 Å². The molecule has 0 aliphatic heterocycles. The van der Waals surface area contributed by atoms with Gasteiger partial charge >= 0.3 is 0 Å². The Hall–Kier alpha value is -2.30. The van der Waals surface area contributed by atoms with Gasteiger partial charge in [0.15, 0.2) is 0 Å². The van der Waals surface area contributed by atoms with Crippen LogP contribution in [0.1, 0.15) is 24.0 Å². The average molecular weight is 295 g/mol. The van der Waals surface area contributed by atoms with Gasteiger partial charge in [-0.15, -0.1) is 0 Å². The summed E-state index contributed by atoms with van der Waals surface area (Å²) in [5.74, 6) is 5.49. The van der Waals surface area contributed by atoms with E-state index in [0.717, 1.165) is 11.1 Å². The molecule has 0 aromatic heterocycles. The smallest absolute Gasteiger partial charge is 0.206 e. The summed E-state index contributed by atoms with van der Waals surface area (Å²) in [6.45, 7) is 0. The van der Waals surface area contributed by atoms with E-state index < -0.39 is 0 Å². The topological polar surface area (TPSA) is 17.1 Å². The molecule has 0 saturated heterocycles. The number of Topliss-reactive ketones (excluding diaryl/α,β-unsaturated/α-hetero) is 1. The summed E-state index contributed by atoms with van der Waals surface area (Å²) < 4.78 is 0. The van der Waals surface area contributed by atoms with Gasteiger partial charge in [0.1, 0.15) is 0 Å². The third-order valence-electron chi connectivity index (χ3n) is 2.82. The Kier molecular flexibility index (Phi) is 5.82. The first kappa shape index (κ1) is 15.1. The Morgan fingerprint density at radius 1 is 1.10 bits per heavy atom. The maximum absolute atomic E-state index is 11.7. The van der Waals surface area contributed by atoms with Gasteiger partial charge in [0.25, 0.3) is 0 Å². The van der Waals surface area contributed by atoms with E-state index in [1.165, 1.54) is 0 Å². The zero-order valence-electron chi connectivity index (χ0n) is 11.6. The molecule has 0 aliphatic carbocycles. The summed E-state index contributed by atoms with van der Waals surface area (Å²) in [5.41, 5.74) is 1.89. The molecule has 0 saturated carbocycles. The molecular formula is C19H15ClO. The van der Waals surface area contributed by atoms with Gasteiger partial charge in [0.2, 0.25) is 5.78 Å². The first-order valence-electron chi connectivity index (χ1n) is 6.76. The van der Waals surface area contributed by atoms with Crippen molar-refractivity contribution in [1.29, 1.82) is 0 Å². The largest absolute Gasteiger partial charge is 0.285 e. The molecule has 0 amide bonds. The van der Waals surface area contributed by atoms with Crippen LogP contribution in [0.3, 0.4) is 0 Å². The third kappa shape index (κ3) is 5.69. The number of carbonyl (C=O) groups excluding carboxylic acids is 1. The summed E-state index contributed by atoms with van der Waals surface area (Å²) in [6, 6.07) is 17.1. The lowest BCUT2D eigenvalue weighted by molar-refractivity contribution is -0.113. The summed E-state index contributed by atoms with van der Waals surface area (Å²) in [6.07, 6.45) is 5.03. The quantitative estimate of drug-likeness (QED) is 0.743. The lowest BCUT2D eigenvalue weighted by Gasteiger charge is -1.94. The van der Waals surface area contributed by atoms with E-state index in [0.29, 0.717) is 17.9 Å². The number of allylic oxidation sites excluding steroid dienone is 1. The maximum atomic E-state index is 11.7. The summed E-state index contributed by atoms with van der Waals surface area (Å²) >= 11 is 5.90. The second-order valence-electron chi connectivity index (χ2n) is 4.54. The fourth-order valence-corrected chi connectivity index (χ4v) is 1.97. The lowest BCUT2D eigenvalue weighted by atomic mass is 10.1. The van der Waals surface area contributed by atoms with E-state index in [4.69, 9.17) is 11.6 Å². The molecule has 2 aromatic carbocycles. The number of hydrogen-bond donors (Lipinski definition) is 0. The predicted octanol–water partition coefficient (Wildman–Crippen LogP) is 4.75. The average Bonchev–Trinajstić information content (AvgIpc) is 2.51. The molecule has 2 heteroatoms. The molecule has 0 N–H and O–H groups in total. The van der Waals surface area contributed by atoms with Gasteiger partial charge in [-0.3, -0.25) is 4.79 Å². The molecule has 0 radical (unpaired) electrons. The van der Waals surface area contributed by atoms with Crippen LogP contribution in [-0.4, -0.2) is 5.78 Å². The van der Waals surface area contributed by atoms with Crippen LogP contribution in [0.5, 0.6) is 0 Å². The molecule has 0 unspecified atom stereocenters. The standard InChI is InChI=1S/C19H15ClO/c20-18-11-6-10-17(15-18)9-4-5-12-19(21)14-13-16-7-2-1-3-8-16/h1-4,6-11,15H,5,12H2/b9-4+. The number of benzene rings is 2. The molecule has 2 rings (SSSR count). The van der Waals surface area contributed by atoms with Crippen LogP contribution >= 0.6 is 11.6 Å². The van der Waals surface area contributed by atoms with E-state index in [-0.39, 0.29) is 5.78 Å². The Morgan fingerprint density at radius 2 is 1.90 bits per heavy atom. The van der Waals surface area contributed by atoms with Gasteiger partial charge in [0, 0.05) is 17.0 Å². The highest BCUT2D eigenvalue weighted by atomic mass is 35.5. The zero-order valence-corrected chi connectivity index (χ0v) is 12.3. The van der Waals surface area contributed by atoms with Crippen LogP contribution in [0.2, 0.25) is 5.02 Å². The van der Waals surface area contributed by atoms with E-state index in [9.17, 15) is 4.79 Å². The van der Waals surface area contributed by atoms with Gasteiger partial charge < -0.3 is 0 Å². The van der Waals surface area contributed by atoms with Crippen molar-refractivity contribution in [3.63, 3.8) is 0 Å². The van der Waals surface area contributed by atoms with E-state index in [1.54, 1.807) is 0 Å². The SMILES string of the molecule is O=C(C#Cc1ccccc1)CC/C=C/c1cccc(Cl)c1. The second kappa shape index (κ2) is 8.09. The van der Waals surface area contributed by atoms with Gasteiger partial charge in [0.05, 0.1) is 0 Å².